The van der Waals surface area contributed by atoms with E-state index in [9.17, 15) is 4.79 Å². The molecule has 0 spiro atoms. The first-order chi connectivity index (χ1) is 10.8. The minimum atomic E-state index is -0.162. The Balaban J connectivity index is 1.31. The molecule has 3 aliphatic rings. The normalized spacial score (nSPS) is 31.6. The quantitative estimate of drug-likeness (QED) is 0.840. The molecular formula is C17H23N3O2. The lowest BCUT2D eigenvalue weighted by atomic mass is 10.0. The van der Waals surface area contributed by atoms with Gasteiger partial charge in [0, 0.05) is 51.7 Å². The second-order valence-corrected chi connectivity index (χ2v) is 6.82. The first kappa shape index (κ1) is 14.2. The van der Waals surface area contributed by atoms with Crippen molar-refractivity contribution in [2.75, 3.05) is 32.8 Å². The maximum Gasteiger partial charge on any atom is 0.251 e. The van der Waals surface area contributed by atoms with Gasteiger partial charge in [0.05, 0.1) is 0 Å². The number of hydrogen-bond donors (Lipinski definition) is 0. The number of likely N-dealkylation sites (tertiary alicyclic amines) is 2. The zero-order valence-electron chi connectivity index (χ0n) is 12.9. The summed E-state index contributed by atoms with van der Waals surface area (Å²) < 4.78 is 5.54. The van der Waals surface area contributed by atoms with Crippen LogP contribution < -0.4 is 0 Å². The molecule has 1 aromatic rings. The Morgan fingerprint density at radius 1 is 1.27 bits per heavy atom. The highest BCUT2D eigenvalue weighted by Gasteiger charge is 2.43. The van der Waals surface area contributed by atoms with Crippen molar-refractivity contribution >= 4 is 5.91 Å². The van der Waals surface area contributed by atoms with E-state index in [1.165, 1.54) is 5.56 Å². The van der Waals surface area contributed by atoms with E-state index in [2.05, 4.69) is 16.0 Å². The van der Waals surface area contributed by atoms with E-state index in [0.717, 1.165) is 52.2 Å². The summed E-state index contributed by atoms with van der Waals surface area (Å²) in [6, 6.07) is 4.13. The van der Waals surface area contributed by atoms with Gasteiger partial charge in [-0.3, -0.25) is 14.7 Å². The topological polar surface area (TPSA) is 45.7 Å². The molecule has 3 aliphatic heterocycles. The fourth-order valence-corrected chi connectivity index (χ4v) is 4.13. The number of fused-ring (bicyclic) bond motifs is 1. The first-order valence-corrected chi connectivity index (χ1v) is 8.31. The van der Waals surface area contributed by atoms with Crippen molar-refractivity contribution in [3.8, 4) is 0 Å². The Morgan fingerprint density at radius 2 is 2.09 bits per heavy atom. The highest BCUT2D eigenvalue weighted by molar-refractivity contribution is 5.81. The molecule has 5 heteroatoms. The van der Waals surface area contributed by atoms with Crippen LogP contribution in [-0.2, 0) is 16.1 Å². The number of ether oxygens (including phenoxy) is 1. The highest BCUT2D eigenvalue weighted by Crippen LogP contribution is 2.32. The number of nitrogens with zero attached hydrogens (tertiary/aromatic N) is 3. The average Bonchev–Trinajstić information content (AvgIpc) is 3.23. The molecule has 0 saturated carbocycles. The predicted molar refractivity (Wildman–Crippen MR) is 82.0 cm³/mol. The fraction of sp³-hybridized carbons (Fsp3) is 0.647. The molecule has 0 N–H and O–H groups in total. The van der Waals surface area contributed by atoms with Gasteiger partial charge in [-0.05, 0) is 36.3 Å². The van der Waals surface area contributed by atoms with Gasteiger partial charge in [-0.15, -0.1) is 0 Å². The molecule has 5 nitrogen and oxygen atoms in total. The second-order valence-electron chi connectivity index (χ2n) is 6.82. The van der Waals surface area contributed by atoms with Gasteiger partial charge in [-0.2, -0.15) is 0 Å². The Morgan fingerprint density at radius 3 is 2.73 bits per heavy atom. The summed E-state index contributed by atoms with van der Waals surface area (Å²) in [5.74, 6) is 1.48. The Labute approximate surface area is 131 Å². The van der Waals surface area contributed by atoms with E-state index in [-0.39, 0.29) is 12.0 Å². The summed E-state index contributed by atoms with van der Waals surface area (Å²) in [6.07, 6.45) is 5.52. The van der Waals surface area contributed by atoms with Crippen molar-refractivity contribution in [3.63, 3.8) is 0 Å². The maximum atomic E-state index is 12.4. The molecule has 1 aromatic heterocycles. The Kier molecular flexibility index (Phi) is 3.84. The van der Waals surface area contributed by atoms with Crippen molar-refractivity contribution in [2.45, 2.75) is 25.5 Å². The van der Waals surface area contributed by atoms with Crippen LogP contribution in [0.4, 0.5) is 0 Å². The Hall–Kier alpha value is -1.46. The number of rotatable bonds is 3. The van der Waals surface area contributed by atoms with Gasteiger partial charge >= 0.3 is 0 Å². The highest BCUT2D eigenvalue weighted by atomic mass is 16.5. The van der Waals surface area contributed by atoms with E-state index in [1.807, 2.05) is 23.4 Å². The van der Waals surface area contributed by atoms with Crippen LogP contribution in [0.15, 0.2) is 24.5 Å². The van der Waals surface area contributed by atoms with Crippen LogP contribution in [0.3, 0.4) is 0 Å². The molecule has 4 heterocycles. The van der Waals surface area contributed by atoms with Crippen LogP contribution in [0.1, 0.15) is 18.4 Å². The lowest BCUT2D eigenvalue weighted by Gasteiger charge is -2.23. The Bertz CT molecular complexity index is 516. The van der Waals surface area contributed by atoms with Crippen molar-refractivity contribution in [1.82, 2.24) is 14.8 Å². The van der Waals surface area contributed by atoms with Gasteiger partial charge in [-0.25, -0.2) is 0 Å². The zero-order valence-corrected chi connectivity index (χ0v) is 12.9. The van der Waals surface area contributed by atoms with Crippen LogP contribution in [0.2, 0.25) is 0 Å². The number of carbonyl (C=O) groups is 1. The summed E-state index contributed by atoms with van der Waals surface area (Å²) in [6.45, 7) is 5.72. The van der Waals surface area contributed by atoms with E-state index < -0.39 is 0 Å². The number of hydrogen-bond acceptors (Lipinski definition) is 4. The predicted octanol–water partition coefficient (Wildman–Crippen LogP) is 1.15. The molecule has 1 amide bonds. The van der Waals surface area contributed by atoms with Crippen LogP contribution in [-0.4, -0.2) is 59.6 Å². The fourth-order valence-electron chi connectivity index (χ4n) is 4.13. The standard InChI is InChI=1S/C17H23N3O2/c21-17(16-4-2-6-22-16)20-11-14-9-19(10-15(14)12-20)8-13-3-1-5-18-7-13/h1,3,5,7,14-16H,2,4,6,8-12H2/t14-,15+,16-/m0/s1. The molecule has 22 heavy (non-hydrogen) atoms. The van der Waals surface area contributed by atoms with Gasteiger partial charge in [0.25, 0.3) is 5.91 Å². The molecule has 3 atom stereocenters. The molecule has 0 aromatic carbocycles. The van der Waals surface area contributed by atoms with Gasteiger partial charge in [0.15, 0.2) is 0 Å². The van der Waals surface area contributed by atoms with Crippen LogP contribution in [0.25, 0.3) is 0 Å². The summed E-state index contributed by atoms with van der Waals surface area (Å²) in [5, 5.41) is 0. The lowest BCUT2D eigenvalue weighted by Crippen LogP contribution is -2.39. The summed E-state index contributed by atoms with van der Waals surface area (Å²) in [7, 11) is 0. The van der Waals surface area contributed by atoms with Crippen molar-refractivity contribution in [1.29, 1.82) is 0 Å². The molecular weight excluding hydrogens is 278 g/mol. The first-order valence-electron chi connectivity index (χ1n) is 8.31. The van der Waals surface area contributed by atoms with Crippen molar-refractivity contribution < 1.29 is 9.53 Å². The monoisotopic (exact) mass is 301 g/mol. The molecule has 3 saturated heterocycles. The lowest BCUT2D eigenvalue weighted by molar-refractivity contribution is -0.140. The molecule has 0 radical (unpaired) electrons. The molecule has 0 bridgehead atoms. The van der Waals surface area contributed by atoms with E-state index in [1.54, 1.807) is 0 Å². The van der Waals surface area contributed by atoms with Gasteiger partial charge < -0.3 is 9.64 Å². The number of pyridine rings is 1. The third-order valence-corrected chi connectivity index (χ3v) is 5.21. The molecule has 0 unspecified atom stereocenters. The third-order valence-electron chi connectivity index (χ3n) is 5.21. The van der Waals surface area contributed by atoms with E-state index >= 15 is 0 Å². The summed E-state index contributed by atoms with van der Waals surface area (Å²) in [5.41, 5.74) is 1.27. The average molecular weight is 301 g/mol. The second kappa shape index (κ2) is 5.97. The smallest absolute Gasteiger partial charge is 0.251 e. The van der Waals surface area contributed by atoms with Crippen molar-refractivity contribution in [2.24, 2.45) is 11.8 Å². The van der Waals surface area contributed by atoms with Crippen LogP contribution in [0.5, 0.6) is 0 Å². The zero-order chi connectivity index (χ0) is 14.9. The van der Waals surface area contributed by atoms with E-state index in [4.69, 9.17) is 4.74 Å². The molecule has 0 aliphatic carbocycles. The van der Waals surface area contributed by atoms with Gasteiger partial charge in [0.2, 0.25) is 0 Å². The molecule has 4 rings (SSSR count). The third kappa shape index (κ3) is 2.75. The SMILES string of the molecule is O=C([C@@H]1CCCO1)N1C[C@H]2CN(Cc3cccnc3)C[C@H]2C1. The minimum Gasteiger partial charge on any atom is -0.368 e. The van der Waals surface area contributed by atoms with Crippen LogP contribution in [0, 0.1) is 11.8 Å². The number of aromatic nitrogens is 1. The maximum absolute atomic E-state index is 12.4. The van der Waals surface area contributed by atoms with E-state index in [0.29, 0.717) is 11.8 Å². The van der Waals surface area contributed by atoms with Gasteiger partial charge in [0.1, 0.15) is 6.10 Å². The van der Waals surface area contributed by atoms with Crippen LogP contribution >= 0.6 is 0 Å². The van der Waals surface area contributed by atoms with Crippen molar-refractivity contribution in [3.05, 3.63) is 30.1 Å². The summed E-state index contributed by atoms with van der Waals surface area (Å²) >= 11 is 0. The number of amides is 1. The summed E-state index contributed by atoms with van der Waals surface area (Å²) in [4.78, 5) is 21.2. The molecule has 118 valence electrons. The number of carbonyl (C=O) groups excluding carboxylic acids is 1. The largest absolute Gasteiger partial charge is 0.368 e. The van der Waals surface area contributed by atoms with Gasteiger partial charge in [-0.1, -0.05) is 6.07 Å². The molecule has 3 fully saturated rings. The minimum absolute atomic E-state index is 0.162.